The number of aromatic nitrogens is 2. The molecule has 0 amide bonds. The minimum absolute atomic E-state index is 0.391. The summed E-state index contributed by atoms with van der Waals surface area (Å²) in [5, 5.41) is 13.7. The van der Waals surface area contributed by atoms with Gasteiger partial charge < -0.3 is 5.11 Å². The lowest BCUT2D eigenvalue weighted by molar-refractivity contribution is -0.141. The van der Waals surface area contributed by atoms with Gasteiger partial charge in [0.1, 0.15) is 0 Å². The summed E-state index contributed by atoms with van der Waals surface area (Å²) < 4.78 is 1.66. The van der Waals surface area contributed by atoms with Crippen LogP contribution >= 0.6 is 11.6 Å². The van der Waals surface area contributed by atoms with E-state index >= 15 is 0 Å². The zero-order chi connectivity index (χ0) is 11.6. The second kappa shape index (κ2) is 4.66. The summed E-state index contributed by atoms with van der Waals surface area (Å²) in [4.78, 5) is 10.9. The number of aryl methyl sites for hydroxylation is 2. The third-order valence-electron chi connectivity index (χ3n) is 2.54. The molecule has 5 heteroatoms. The van der Waals surface area contributed by atoms with Gasteiger partial charge in [-0.25, -0.2) is 0 Å². The molecule has 0 aliphatic rings. The molecule has 0 saturated carbocycles. The maximum absolute atomic E-state index is 10.9. The van der Waals surface area contributed by atoms with Gasteiger partial charge in [0.15, 0.2) is 0 Å². The Morgan fingerprint density at radius 3 is 2.60 bits per heavy atom. The average molecular weight is 231 g/mol. The maximum atomic E-state index is 10.9. The number of carboxylic acid groups (broad SMARTS) is 1. The molecule has 1 heterocycles. The Hall–Kier alpha value is -1.03. The molecule has 0 radical (unpaired) electrons. The molecule has 1 atom stereocenters. The highest BCUT2D eigenvalue weighted by molar-refractivity contribution is 6.31. The standard InChI is InChI=1S/C10H15ClN2O2/c1-4-7(10(14)15)5-8-9(11)6(2)12-13(8)3/h7H,4-5H2,1-3H3,(H,14,15). The van der Waals surface area contributed by atoms with Crippen LogP contribution in [0, 0.1) is 12.8 Å². The van der Waals surface area contributed by atoms with Crippen molar-refractivity contribution in [3.05, 3.63) is 16.4 Å². The first kappa shape index (κ1) is 12.0. The fraction of sp³-hybridized carbons (Fsp3) is 0.600. The fourth-order valence-electron chi connectivity index (χ4n) is 1.54. The van der Waals surface area contributed by atoms with Crippen LogP contribution in [0.1, 0.15) is 24.7 Å². The third kappa shape index (κ3) is 2.50. The SMILES string of the molecule is CCC(Cc1c(Cl)c(C)nn1C)C(=O)O. The summed E-state index contributed by atoms with van der Waals surface area (Å²) in [6, 6.07) is 0. The van der Waals surface area contributed by atoms with Crippen LogP contribution in [0.5, 0.6) is 0 Å². The molecule has 1 N–H and O–H groups in total. The van der Waals surface area contributed by atoms with Crippen molar-refractivity contribution in [3.63, 3.8) is 0 Å². The molecule has 1 aromatic heterocycles. The summed E-state index contributed by atoms with van der Waals surface area (Å²) in [6.45, 7) is 3.67. The van der Waals surface area contributed by atoms with E-state index in [9.17, 15) is 4.79 Å². The average Bonchev–Trinajstić information content (AvgIpc) is 2.39. The van der Waals surface area contributed by atoms with Crippen molar-refractivity contribution in [2.45, 2.75) is 26.7 Å². The molecule has 0 aliphatic heterocycles. The lowest BCUT2D eigenvalue weighted by Gasteiger charge is -2.09. The molecule has 0 fully saturated rings. The van der Waals surface area contributed by atoms with E-state index in [0.29, 0.717) is 17.9 Å². The molecule has 1 aromatic rings. The third-order valence-corrected chi connectivity index (χ3v) is 3.04. The van der Waals surface area contributed by atoms with Crippen molar-refractivity contribution in [2.75, 3.05) is 0 Å². The normalized spacial score (nSPS) is 12.8. The van der Waals surface area contributed by atoms with E-state index in [2.05, 4.69) is 5.10 Å². The number of halogens is 1. The van der Waals surface area contributed by atoms with Gasteiger partial charge in [-0.3, -0.25) is 9.48 Å². The minimum Gasteiger partial charge on any atom is -0.481 e. The van der Waals surface area contributed by atoms with E-state index < -0.39 is 11.9 Å². The number of carboxylic acids is 1. The Morgan fingerprint density at radius 2 is 2.27 bits per heavy atom. The van der Waals surface area contributed by atoms with Crippen LogP contribution < -0.4 is 0 Å². The highest BCUT2D eigenvalue weighted by Gasteiger charge is 2.20. The lowest BCUT2D eigenvalue weighted by atomic mass is 10.0. The van der Waals surface area contributed by atoms with Gasteiger partial charge in [0.25, 0.3) is 0 Å². The summed E-state index contributed by atoms with van der Waals surface area (Å²) in [5.74, 6) is -1.18. The molecule has 1 unspecified atom stereocenters. The van der Waals surface area contributed by atoms with Crippen LogP contribution in [-0.4, -0.2) is 20.9 Å². The Morgan fingerprint density at radius 1 is 1.67 bits per heavy atom. The zero-order valence-corrected chi connectivity index (χ0v) is 9.88. The van der Waals surface area contributed by atoms with Crippen molar-refractivity contribution in [2.24, 2.45) is 13.0 Å². The van der Waals surface area contributed by atoms with E-state index in [0.717, 1.165) is 11.4 Å². The summed E-state index contributed by atoms with van der Waals surface area (Å²) in [5.41, 5.74) is 1.54. The number of carbonyl (C=O) groups is 1. The van der Waals surface area contributed by atoms with Crippen molar-refractivity contribution >= 4 is 17.6 Å². The van der Waals surface area contributed by atoms with Crippen molar-refractivity contribution < 1.29 is 9.90 Å². The van der Waals surface area contributed by atoms with Crippen LogP contribution in [0.2, 0.25) is 5.02 Å². The Labute approximate surface area is 93.9 Å². The second-order valence-electron chi connectivity index (χ2n) is 3.62. The molecule has 0 aromatic carbocycles. The van der Waals surface area contributed by atoms with Gasteiger partial charge in [-0.15, -0.1) is 0 Å². The number of rotatable bonds is 4. The quantitative estimate of drug-likeness (QED) is 0.861. The topological polar surface area (TPSA) is 55.1 Å². The molecule has 1 rings (SSSR count). The highest BCUT2D eigenvalue weighted by Crippen LogP contribution is 2.23. The first-order valence-electron chi connectivity index (χ1n) is 4.88. The monoisotopic (exact) mass is 230 g/mol. The molecule has 84 valence electrons. The lowest BCUT2D eigenvalue weighted by Crippen LogP contribution is -2.17. The number of aliphatic carboxylic acids is 1. The Kier molecular flexibility index (Phi) is 3.74. The molecular weight excluding hydrogens is 216 g/mol. The maximum Gasteiger partial charge on any atom is 0.306 e. The van der Waals surface area contributed by atoms with E-state index in [-0.39, 0.29) is 0 Å². The second-order valence-corrected chi connectivity index (χ2v) is 4.00. The first-order chi connectivity index (χ1) is 6.97. The summed E-state index contributed by atoms with van der Waals surface area (Å²) >= 11 is 6.04. The van der Waals surface area contributed by atoms with Crippen LogP contribution in [0.4, 0.5) is 0 Å². The number of hydrogen-bond donors (Lipinski definition) is 1. The predicted octanol–water partition coefficient (Wildman–Crippen LogP) is 2.04. The molecule has 0 saturated heterocycles. The Balaban J connectivity index is 2.92. The van der Waals surface area contributed by atoms with E-state index in [1.54, 1.807) is 11.7 Å². The van der Waals surface area contributed by atoms with Gasteiger partial charge in [0, 0.05) is 13.5 Å². The number of nitrogens with zero attached hydrogens (tertiary/aromatic N) is 2. The fourth-order valence-corrected chi connectivity index (χ4v) is 1.78. The van der Waals surface area contributed by atoms with Crippen molar-refractivity contribution in [3.8, 4) is 0 Å². The van der Waals surface area contributed by atoms with Gasteiger partial charge in [-0.1, -0.05) is 18.5 Å². The Bertz CT molecular complexity index is 374. The molecule has 0 bridgehead atoms. The van der Waals surface area contributed by atoms with Crippen molar-refractivity contribution in [1.29, 1.82) is 0 Å². The smallest absolute Gasteiger partial charge is 0.306 e. The minimum atomic E-state index is -0.785. The van der Waals surface area contributed by atoms with Gasteiger partial charge in [-0.2, -0.15) is 5.10 Å². The number of hydrogen-bond acceptors (Lipinski definition) is 2. The van der Waals surface area contributed by atoms with Crippen LogP contribution in [-0.2, 0) is 18.3 Å². The first-order valence-corrected chi connectivity index (χ1v) is 5.25. The summed E-state index contributed by atoms with van der Waals surface area (Å²) in [7, 11) is 1.78. The van der Waals surface area contributed by atoms with Crippen LogP contribution in [0.3, 0.4) is 0 Å². The van der Waals surface area contributed by atoms with Crippen molar-refractivity contribution in [1.82, 2.24) is 9.78 Å². The largest absolute Gasteiger partial charge is 0.481 e. The van der Waals surface area contributed by atoms with E-state index in [1.807, 2.05) is 13.8 Å². The predicted molar refractivity (Wildman–Crippen MR) is 58.1 cm³/mol. The zero-order valence-electron chi connectivity index (χ0n) is 9.12. The van der Waals surface area contributed by atoms with Gasteiger partial charge >= 0.3 is 5.97 Å². The van der Waals surface area contributed by atoms with Crippen LogP contribution in [0.15, 0.2) is 0 Å². The van der Waals surface area contributed by atoms with E-state index in [4.69, 9.17) is 16.7 Å². The summed E-state index contributed by atoms with van der Waals surface area (Å²) in [6.07, 6.45) is 1.03. The van der Waals surface area contributed by atoms with Gasteiger partial charge in [0.05, 0.1) is 22.3 Å². The van der Waals surface area contributed by atoms with Gasteiger partial charge in [0.2, 0.25) is 0 Å². The van der Waals surface area contributed by atoms with Gasteiger partial charge in [-0.05, 0) is 13.3 Å². The molecule has 4 nitrogen and oxygen atoms in total. The molecular formula is C10H15ClN2O2. The molecule has 0 aliphatic carbocycles. The molecule has 0 spiro atoms. The van der Waals surface area contributed by atoms with E-state index in [1.165, 1.54) is 0 Å². The molecule has 15 heavy (non-hydrogen) atoms. The van der Waals surface area contributed by atoms with Crippen LogP contribution in [0.25, 0.3) is 0 Å². The highest BCUT2D eigenvalue weighted by atomic mass is 35.5.